The number of carbonyl (C=O) groups excluding carboxylic acids is 1. The number of halogens is 1. The SMILES string of the molecule is COC(=O)c1cc(S(=O)(=O)c2ccccc2)ccc1Cl. The van der Waals surface area contributed by atoms with Gasteiger partial charge in [0.15, 0.2) is 0 Å². The topological polar surface area (TPSA) is 60.4 Å². The molecule has 0 radical (unpaired) electrons. The van der Waals surface area contributed by atoms with Gasteiger partial charge >= 0.3 is 5.97 Å². The van der Waals surface area contributed by atoms with Crippen LogP contribution in [0.25, 0.3) is 0 Å². The average Bonchev–Trinajstić information content (AvgIpc) is 2.47. The van der Waals surface area contributed by atoms with Crippen LogP contribution in [0.5, 0.6) is 0 Å². The van der Waals surface area contributed by atoms with Gasteiger partial charge in [0.05, 0.1) is 27.5 Å². The molecular weight excluding hydrogens is 300 g/mol. The predicted molar refractivity (Wildman–Crippen MR) is 74.7 cm³/mol. The maximum absolute atomic E-state index is 12.4. The average molecular weight is 311 g/mol. The Morgan fingerprint density at radius 1 is 1.05 bits per heavy atom. The first-order valence-corrected chi connectivity index (χ1v) is 7.51. The summed E-state index contributed by atoms with van der Waals surface area (Å²) >= 11 is 5.87. The molecular formula is C14H11ClO4S. The third-order valence-corrected chi connectivity index (χ3v) is 4.80. The smallest absolute Gasteiger partial charge is 0.339 e. The number of carbonyl (C=O) groups is 1. The molecule has 6 heteroatoms. The Kier molecular flexibility index (Phi) is 4.11. The van der Waals surface area contributed by atoms with Crippen LogP contribution >= 0.6 is 11.6 Å². The molecule has 20 heavy (non-hydrogen) atoms. The van der Waals surface area contributed by atoms with Crippen molar-refractivity contribution in [3.63, 3.8) is 0 Å². The molecule has 0 atom stereocenters. The zero-order valence-electron chi connectivity index (χ0n) is 10.5. The summed E-state index contributed by atoms with van der Waals surface area (Å²) in [5, 5.41) is 0.142. The summed E-state index contributed by atoms with van der Waals surface area (Å²) in [6.45, 7) is 0. The van der Waals surface area contributed by atoms with Gasteiger partial charge in [-0.2, -0.15) is 0 Å². The highest BCUT2D eigenvalue weighted by Gasteiger charge is 2.20. The maximum atomic E-state index is 12.4. The molecule has 0 aliphatic heterocycles. The molecule has 0 heterocycles. The van der Waals surface area contributed by atoms with Gasteiger partial charge in [-0.05, 0) is 30.3 Å². The summed E-state index contributed by atoms with van der Waals surface area (Å²) in [6.07, 6.45) is 0. The van der Waals surface area contributed by atoms with Crippen molar-refractivity contribution >= 4 is 27.4 Å². The number of esters is 1. The second-order valence-corrected chi connectivity index (χ2v) is 6.31. The maximum Gasteiger partial charge on any atom is 0.339 e. The van der Waals surface area contributed by atoms with Gasteiger partial charge in [-0.1, -0.05) is 29.8 Å². The Labute approximate surface area is 121 Å². The molecule has 2 aromatic rings. The van der Waals surface area contributed by atoms with Gasteiger partial charge in [-0.3, -0.25) is 0 Å². The van der Waals surface area contributed by atoms with Crippen molar-refractivity contribution in [3.05, 3.63) is 59.1 Å². The summed E-state index contributed by atoms with van der Waals surface area (Å²) in [5.74, 6) is -0.680. The highest BCUT2D eigenvalue weighted by molar-refractivity contribution is 7.91. The molecule has 0 N–H and O–H groups in total. The molecule has 0 saturated heterocycles. The van der Waals surface area contributed by atoms with E-state index in [9.17, 15) is 13.2 Å². The van der Waals surface area contributed by atoms with Crippen LogP contribution < -0.4 is 0 Å². The third-order valence-electron chi connectivity index (χ3n) is 2.71. The minimum Gasteiger partial charge on any atom is -0.465 e. The first-order valence-electron chi connectivity index (χ1n) is 5.65. The lowest BCUT2D eigenvalue weighted by atomic mass is 10.2. The third kappa shape index (κ3) is 2.69. The number of hydrogen-bond donors (Lipinski definition) is 0. The Hall–Kier alpha value is -1.85. The fourth-order valence-corrected chi connectivity index (χ4v) is 3.18. The summed E-state index contributed by atoms with van der Waals surface area (Å²) in [4.78, 5) is 11.7. The molecule has 4 nitrogen and oxygen atoms in total. The molecule has 0 bridgehead atoms. The van der Waals surface area contributed by atoms with Gasteiger partial charge in [0.2, 0.25) is 9.84 Å². The predicted octanol–water partition coefficient (Wildman–Crippen LogP) is 2.96. The van der Waals surface area contributed by atoms with Crippen LogP contribution in [0.2, 0.25) is 5.02 Å². The molecule has 2 rings (SSSR count). The van der Waals surface area contributed by atoms with Gasteiger partial charge in [-0.15, -0.1) is 0 Å². The number of benzene rings is 2. The van der Waals surface area contributed by atoms with E-state index < -0.39 is 15.8 Å². The van der Waals surface area contributed by atoms with Crippen molar-refractivity contribution in [1.29, 1.82) is 0 Å². The van der Waals surface area contributed by atoms with E-state index in [0.29, 0.717) is 0 Å². The Morgan fingerprint density at radius 2 is 1.70 bits per heavy atom. The van der Waals surface area contributed by atoms with Crippen LogP contribution in [0.1, 0.15) is 10.4 Å². The Bertz CT molecular complexity index is 739. The number of methoxy groups -OCH3 is 1. The van der Waals surface area contributed by atoms with Crippen LogP contribution in [0.3, 0.4) is 0 Å². The van der Waals surface area contributed by atoms with Crippen LogP contribution in [-0.2, 0) is 14.6 Å². The van der Waals surface area contributed by atoms with Gasteiger partial charge in [0, 0.05) is 0 Å². The fraction of sp³-hybridized carbons (Fsp3) is 0.0714. The first kappa shape index (κ1) is 14.6. The standard InChI is InChI=1S/C14H11ClO4S/c1-19-14(16)12-9-11(7-8-13(12)15)20(17,18)10-5-3-2-4-6-10/h2-9H,1H3. The van der Waals surface area contributed by atoms with Gasteiger partial charge in [0.1, 0.15) is 0 Å². The van der Waals surface area contributed by atoms with Gasteiger partial charge in [0.25, 0.3) is 0 Å². The molecule has 104 valence electrons. The summed E-state index contributed by atoms with van der Waals surface area (Å²) in [5.41, 5.74) is 0.0196. The van der Waals surface area contributed by atoms with Crippen molar-refractivity contribution in [3.8, 4) is 0 Å². The van der Waals surface area contributed by atoms with E-state index in [1.807, 2.05) is 0 Å². The van der Waals surface area contributed by atoms with Crippen LogP contribution in [-0.4, -0.2) is 21.5 Å². The molecule has 0 saturated carbocycles. The molecule has 0 aliphatic carbocycles. The minimum atomic E-state index is -3.69. The Morgan fingerprint density at radius 3 is 2.30 bits per heavy atom. The van der Waals surface area contributed by atoms with Gasteiger partial charge in [-0.25, -0.2) is 13.2 Å². The van der Waals surface area contributed by atoms with E-state index in [-0.39, 0.29) is 20.4 Å². The van der Waals surface area contributed by atoms with E-state index in [1.165, 1.54) is 37.4 Å². The molecule has 0 aromatic heterocycles. The van der Waals surface area contributed by atoms with Crippen molar-refractivity contribution in [1.82, 2.24) is 0 Å². The molecule has 0 spiro atoms. The number of rotatable bonds is 3. The van der Waals surface area contributed by atoms with E-state index in [0.717, 1.165) is 0 Å². The lowest BCUT2D eigenvalue weighted by Crippen LogP contribution is -2.06. The second kappa shape index (κ2) is 5.64. The summed E-state index contributed by atoms with van der Waals surface area (Å²) in [7, 11) is -2.48. The van der Waals surface area contributed by atoms with E-state index in [1.54, 1.807) is 18.2 Å². The number of sulfone groups is 1. The molecule has 0 aliphatic rings. The molecule has 2 aromatic carbocycles. The van der Waals surface area contributed by atoms with E-state index >= 15 is 0 Å². The van der Waals surface area contributed by atoms with E-state index in [2.05, 4.69) is 4.74 Å². The van der Waals surface area contributed by atoms with Crippen molar-refractivity contribution in [2.45, 2.75) is 9.79 Å². The van der Waals surface area contributed by atoms with Crippen molar-refractivity contribution < 1.29 is 17.9 Å². The minimum absolute atomic E-state index is 0.00602. The van der Waals surface area contributed by atoms with Crippen molar-refractivity contribution in [2.75, 3.05) is 7.11 Å². The van der Waals surface area contributed by atoms with E-state index in [4.69, 9.17) is 11.6 Å². The lowest BCUT2D eigenvalue weighted by molar-refractivity contribution is 0.0600. The fourth-order valence-electron chi connectivity index (χ4n) is 1.67. The lowest BCUT2D eigenvalue weighted by Gasteiger charge is -2.07. The van der Waals surface area contributed by atoms with Crippen LogP contribution in [0.15, 0.2) is 58.3 Å². The summed E-state index contributed by atoms with van der Waals surface area (Å²) in [6, 6.07) is 11.9. The zero-order chi connectivity index (χ0) is 14.8. The molecule has 0 unspecified atom stereocenters. The highest BCUT2D eigenvalue weighted by Crippen LogP contribution is 2.25. The molecule has 0 fully saturated rings. The second-order valence-electron chi connectivity index (χ2n) is 3.95. The monoisotopic (exact) mass is 310 g/mol. The summed E-state index contributed by atoms with van der Waals surface area (Å²) < 4.78 is 29.4. The largest absolute Gasteiger partial charge is 0.465 e. The normalized spacial score (nSPS) is 11.1. The van der Waals surface area contributed by atoms with Crippen LogP contribution in [0.4, 0.5) is 0 Å². The quantitative estimate of drug-likeness (QED) is 0.818. The Balaban J connectivity index is 2.57. The van der Waals surface area contributed by atoms with Crippen molar-refractivity contribution in [2.24, 2.45) is 0 Å². The number of ether oxygens (including phenoxy) is 1. The number of hydrogen-bond acceptors (Lipinski definition) is 4. The molecule has 0 amide bonds. The van der Waals surface area contributed by atoms with Gasteiger partial charge < -0.3 is 4.74 Å². The zero-order valence-corrected chi connectivity index (χ0v) is 12.1. The first-order chi connectivity index (χ1) is 9.46. The van der Waals surface area contributed by atoms with Crippen LogP contribution in [0, 0.1) is 0 Å². The highest BCUT2D eigenvalue weighted by atomic mass is 35.5.